The van der Waals surface area contributed by atoms with Crippen LogP contribution in [0.1, 0.15) is 15.9 Å². The van der Waals surface area contributed by atoms with E-state index in [2.05, 4.69) is 4.99 Å². The van der Waals surface area contributed by atoms with Gasteiger partial charge in [0, 0.05) is 31.1 Å². The summed E-state index contributed by atoms with van der Waals surface area (Å²) in [5, 5.41) is 1.37. The van der Waals surface area contributed by atoms with Gasteiger partial charge in [0.15, 0.2) is 5.78 Å². The number of nitrogens with zero attached hydrogens (tertiary/aromatic N) is 3. The Morgan fingerprint density at radius 2 is 1.96 bits per heavy atom. The molecule has 130 valence electrons. The van der Waals surface area contributed by atoms with Crippen molar-refractivity contribution in [2.24, 2.45) is 19.1 Å². The van der Waals surface area contributed by atoms with Crippen LogP contribution in [-0.2, 0) is 20.5 Å². The number of rotatable bonds is 3. The average molecular weight is 398 g/mol. The summed E-state index contributed by atoms with van der Waals surface area (Å²) in [5.41, 5.74) is 0.0642. The zero-order valence-corrected chi connectivity index (χ0v) is 15.7. The first-order chi connectivity index (χ1) is 11.8. The normalized spacial score (nSPS) is 12.9. The highest BCUT2D eigenvalue weighted by molar-refractivity contribution is 8.14. The van der Waals surface area contributed by atoms with E-state index < -0.39 is 5.69 Å². The second kappa shape index (κ2) is 6.82. The maximum atomic E-state index is 12.3. The molecule has 9 heteroatoms. The fourth-order valence-corrected chi connectivity index (χ4v) is 3.90. The number of aliphatic imine (C=N–C) groups is 1. The van der Waals surface area contributed by atoms with Gasteiger partial charge in [0.2, 0.25) is 0 Å². The summed E-state index contributed by atoms with van der Waals surface area (Å²) in [4.78, 5) is 40.8. The molecular formula is C16H13Cl2N3O3S. The first-order valence-electron chi connectivity index (χ1n) is 7.27. The molecule has 2 heterocycles. The highest BCUT2D eigenvalue weighted by Gasteiger charge is 2.24. The maximum absolute atomic E-state index is 12.3. The van der Waals surface area contributed by atoms with E-state index in [0.29, 0.717) is 38.5 Å². The van der Waals surface area contributed by atoms with Crippen LogP contribution in [0, 0.1) is 0 Å². The van der Waals surface area contributed by atoms with Crippen LogP contribution < -0.4 is 11.2 Å². The fourth-order valence-electron chi connectivity index (χ4n) is 2.53. The molecule has 6 nitrogen and oxygen atoms in total. The lowest BCUT2D eigenvalue weighted by atomic mass is 10.1. The molecule has 0 fully saturated rings. The second-order valence-corrected chi connectivity index (χ2v) is 7.42. The smallest absolute Gasteiger partial charge is 0.293 e. The molecule has 0 unspecified atom stereocenters. The van der Waals surface area contributed by atoms with Gasteiger partial charge in [-0.15, -0.1) is 11.8 Å². The van der Waals surface area contributed by atoms with E-state index in [1.807, 2.05) is 0 Å². The largest absolute Gasteiger partial charge is 0.332 e. The van der Waals surface area contributed by atoms with Gasteiger partial charge in [0.1, 0.15) is 5.82 Å². The molecule has 1 aromatic carbocycles. The van der Waals surface area contributed by atoms with Gasteiger partial charge in [-0.05, 0) is 18.2 Å². The first kappa shape index (κ1) is 18.0. The van der Waals surface area contributed by atoms with Crippen molar-refractivity contribution in [3.05, 3.63) is 60.2 Å². The lowest BCUT2D eigenvalue weighted by Gasteiger charge is -2.05. The van der Waals surface area contributed by atoms with Gasteiger partial charge >= 0.3 is 5.69 Å². The summed E-state index contributed by atoms with van der Waals surface area (Å²) in [6.07, 6.45) is 0.308. The van der Waals surface area contributed by atoms with Gasteiger partial charge in [0.05, 0.1) is 21.4 Å². The molecule has 1 aliphatic heterocycles. The minimum absolute atomic E-state index is 0.127. The van der Waals surface area contributed by atoms with Gasteiger partial charge in [0.25, 0.3) is 5.56 Å². The average Bonchev–Trinajstić information content (AvgIpc) is 3.00. The highest BCUT2D eigenvalue weighted by atomic mass is 35.5. The number of hydrogen-bond acceptors (Lipinski definition) is 5. The number of benzene rings is 1. The number of carbonyl (C=O) groups is 1. The van der Waals surface area contributed by atoms with E-state index in [4.69, 9.17) is 23.2 Å². The van der Waals surface area contributed by atoms with Crippen molar-refractivity contribution in [3.8, 4) is 0 Å². The van der Waals surface area contributed by atoms with E-state index in [1.54, 1.807) is 19.2 Å². The molecule has 2 aromatic rings. The summed E-state index contributed by atoms with van der Waals surface area (Å²) in [5.74, 6) is 0.322. The van der Waals surface area contributed by atoms with Crippen molar-refractivity contribution in [2.45, 2.75) is 6.42 Å². The van der Waals surface area contributed by atoms with Crippen LogP contribution in [0.15, 0.2) is 32.8 Å². The summed E-state index contributed by atoms with van der Waals surface area (Å²) < 4.78 is 2.39. The topological polar surface area (TPSA) is 73.4 Å². The van der Waals surface area contributed by atoms with E-state index in [9.17, 15) is 14.4 Å². The Kier molecular flexibility index (Phi) is 4.90. The zero-order valence-electron chi connectivity index (χ0n) is 13.4. The molecule has 1 aliphatic rings. The molecule has 0 atom stereocenters. The van der Waals surface area contributed by atoms with Gasteiger partial charge < -0.3 is 0 Å². The van der Waals surface area contributed by atoms with Gasteiger partial charge in [-0.1, -0.05) is 23.2 Å². The lowest BCUT2D eigenvalue weighted by Crippen LogP contribution is -2.38. The van der Waals surface area contributed by atoms with E-state index >= 15 is 0 Å². The molecule has 0 radical (unpaired) electrons. The third-order valence-electron chi connectivity index (χ3n) is 3.88. The molecule has 0 bridgehead atoms. The Bertz CT molecular complexity index is 1040. The maximum Gasteiger partial charge on any atom is 0.332 e. The Hall–Kier alpha value is -1.83. The Labute approximate surface area is 157 Å². The van der Waals surface area contributed by atoms with Crippen LogP contribution in [0.2, 0.25) is 10.0 Å². The third kappa shape index (κ3) is 3.31. The van der Waals surface area contributed by atoms with Crippen LogP contribution in [0.3, 0.4) is 0 Å². The molecule has 1 aromatic heterocycles. The number of halogens is 2. The minimum Gasteiger partial charge on any atom is -0.293 e. The van der Waals surface area contributed by atoms with E-state index in [1.165, 1.54) is 29.4 Å². The molecular weight excluding hydrogens is 385 g/mol. The molecule has 25 heavy (non-hydrogen) atoms. The number of aromatic nitrogens is 2. The van der Waals surface area contributed by atoms with Crippen molar-refractivity contribution >= 4 is 51.6 Å². The van der Waals surface area contributed by atoms with Gasteiger partial charge in [-0.2, -0.15) is 0 Å². The molecule has 0 amide bonds. The fraction of sp³-hybridized carbons (Fsp3) is 0.250. The minimum atomic E-state index is -0.428. The van der Waals surface area contributed by atoms with Crippen molar-refractivity contribution in [1.82, 2.24) is 9.13 Å². The van der Waals surface area contributed by atoms with E-state index in [-0.39, 0.29) is 17.1 Å². The molecule has 0 aliphatic carbocycles. The Balaban J connectivity index is 1.78. The number of thioether (sulfide) groups is 1. The molecule has 0 spiro atoms. The molecule has 0 saturated heterocycles. The van der Waals surface area contributed by atoms with Crippen LogP contribution >= 0.6 is 35.0 Å². The second-order valence-electron chi connectivity index (χ2n) is 5.53. The lowest BCUT2D eigenvalue weighted by molar-refractivity contribution is 0.102. The Morgan fingerprint density at radius 3 is 2.64 bits per heavy atom. The number of fused-ring (bicyclic) bond motifs is 1. The van der Waals surface area contributed by atoms with Crippen LogP contribution in [0.4, 0.5) is 5.82 Å². The number of Topliss-reactive ketones (excluding diaryl/α,β-unsaturated/α-hetero) is 1. The van der Waals surface area contributed by atoms with Crippen molar-refractivity contribution in [3.63, 3.8) is 0 Å². The number of hydrogen-bond donors (Lipinski definition) is 0. The predicted molar refractivity (Wildman–Crippen MR) is 101 cm³/mol. The van der Waals surface area contributed by atoms with Gasteiger partial charge in [-0.25, -0.2) is 9.79 Å². The summed E-state index contributed by atoms with van der Waals surface area (Å²) >= 11 is 13.1. The molecule has 0 N–H and O–H groups in total. The van der Waals surface area contributed by atoms with Crippen molar-refractivity contribution < 1.29 is 4.79 Å². The summed E-state index contributed by atoms with van der Waals surface area (Å²) in [6.45, 7) is 0. The number of carbonyl (C=O) groups excluding carboxylic acids is 1. The monoisotopic (exact) mass is 397 g/mol. The highest BCUT2D eigenvalue weighted by Crippen LogP contribution is 2.28. The van der Waals surface area contributed by atoms with E-state index in [0.717, 1.165) is 4.57 Å². The van der Waals surface area contributed by atoms with Crippen LogP contribution in [0.25, 0.3) is 0 Å². The summed E-state index contributed by atoms with van der Waals surface area (Å²) in [7, 11) is 3.00. The quantitative estimate of drug-likeness (QED) is 0.745. The molecule has 0 saturated carbocycles. The Morgan fingerprint density at radius 1 is 1.24 bits per heavy atom. The van der Waals surface area contributed by atoms with Crippen molar-refractivity contribution in [2.75, 3.05) is 5.75 Å². The third-order valence-corrected chi connectivity index (χ3v) is 5.41. The molecule has 3 rings (SSSR count). The van der Waals surface area contributed by atoms with Crippen LogP contribution in [-0.4, -0.2) is 25.7 Å². The summed E-state index contributed by atoms with van der Waals surface area (Å²) in [6, 6.07) is 4.70. The van der Waals surface area contributed by atoms with Crippen molar-refractivity contribution in [1.29, 1.82) is 0 Å². The van der Waals surface area contributed by atoms with Gasteiger partial charge in [-0.3, -0.25) is 18.7 Å². The number of ketones is 1. The predicted octanol–water partition coefficient (Wildman–Crippen LogP) is 2.59. The SMILES string of the molecule is Cn1c2c(c(=O)n(C)c1=O)CC(SCC(=O)c1ccc(Cl)cc1Cl)=N2. The van der Waals surface area contributed by atoms with Crippen LogP contribution in [0.5, 0.6) is 0 Å². The zero-order chi connectivity index (χ0) is 18.3. The first-order valence-corrected chi connectivity index (χ1v) is 9.01. The standard InChI is InChI=1S/C16H13Cl2N3O3S/c1-20-14-10(15(23)21(2)16(20)24)6-13(19-14)25-7-12(22)9-4-3-8(17)5-11(9)18/h3-5H,6-7H2,1-2H3.